The highest BCUT2D eigenvalue weighted by Crippen LogP contribution is 2.35. The second kappa shape index (κ2) is 6.67. The number of benzene rings is 1. The van der Waals surface area contributed by atoms with Crippen molar-refractivity contribution in [3.05, 3.63) is 41.8 Å². The van der Waals surface area contributed by atoms with Gasteiger partial charge in [-0.2, -0.15) is 0 Å². The van der Waals surface area contributed by atoms with Crippen LogP contribution >= 0.6 is 0 Å². The van der Waals surface area contributed by atoms with Crippen LogP contribution < -0.4 is 5.32 Å². The van der Waals surface area contributed by atoms with Crippen LogP contribution in [0.15, 0.2) is 34.9 Å². The summed E-state index contributed by atoms with van der Waals surface area (Å²) in [5.74, 6) is 0.396. The minimum absolute atomic E-state index is 0.287. The van der Waals surface area contributed by atoms with Gasteiger partial charge in [0.25, 0.3) is 0 Å². The van der Waals surface area contributed by atoms with Crippen molar-refractivity contribution in [1.82, 2.24) is 10.3 Å². The Labute approximate surface area is 142 Å². The molecule has 2 heterocycles. The van der Waals surface area contributed by atoms with Crippen molar-refractivity contribution in [2.45, 2.75) is 51.0 Å². The number of ether oxygens (including phenoxy) is 2. The van der Waals surface area contributed by atoms with E-state index < -0.39 is 0 Å². The van der Waals surface area contributed by atoms with Gasteiger partial charge in [0.15, 0.2) is 5.79 Å². The van der Waals surface area contributed by atoms with E-state index in [4.69, 9.17) is 13.9 Å². The summed E-state index contributed by atoms with van der Waals surface area (Å²) in [6.07, 6.45) is 5.83. The van der Waals surface area contributed by atoms with E-state index in [-0.39, 0.29) is 5.79 Å². The van der Waals surface area contributed by atoms with Crippen LogP contribution in [0.2, 0.25) is 0 Å². The molecule has 1 saturated carbocycles. The van der Waals surface area contributed by atoms with Crippen molar-refractivity contribution >= 4 is 0 Å². The molecule has 5 heteroatoms. The molecule has 1 spiro atoms. The monoisotopic (exact) mass is 328 g/mol. The predicted molar refractivity (Wildman–Crippen MR) is 90.4 cm³/mol. The average Bonchev–Trinajstić information content (AvgIpc) is 3.25. The molecule has 1 saturated heterocycles. The van der Waals surface area contributed by atoms with Crippen molar-refractivity contribution in [2.75, 3.05) is 13.2 Å². The molecule has 0 amide bonds. The third-order valence-corrected chi connectivity index (χ3v) is 4.98. The van der Waals surface area contributed by atoms with Crippen molar-refractivity contribution in [3.63, 3.8) is 0 Å². The SMILES string of the molecule is Cc1ccc(-c2nc(CNC3CCC4(CC3)OCCO4)co2)cc1. The number of nitrogens with zero attached hydrogens (tertiary/aromatic N) is 1. The number of aryl methyl sites for hydroxylation is 1. The standard InChI is InChI=1S/C19H24N2O3/c1-14-2-4-15(5-3-14)18-21-17(13-22-18)12-20-16-6-8-19(9-7-16)23-10-11-24-19/h2-5,13,16,20H,6-12H2,1H3. The summed E-state index contributed by atoms with van der Waals surface area (Å²) in [5.41, 5.74) is 3.19. The van der Waals surface area contributed by atoms with Gasteiger partial charge in [-0.1, -0.05) is 17.7 Å². The largest absolute Gasteiger partial charge is 0.444 e. The zero-order valence-electron chi connectivity index (χ0n) is 14.1. The maximum absolute atomic E-state index is 5.78. The first-order valence-corrected chi connectivity index (χ1v) is 8.75. The highest BCUT2D eigenvalue weighted by Gasteiger charge is 2.40. The van der Waals surface area contributed by atoms with E-state index in [0.717, 1.165) is 56.7 Å². The molecule has 2 aromatic rings. The summed E-state index contributed by atoms with van der Waals surface area (Å²) in [6, 6.07) is 8.72. The van der Waals surface area contributed by atoms with Gasteiger partial charge < -0.3 is 19.2 Å². The topological polar surface area (TPSA) is 56.5 Å². The molecule has 1 N–H and O–H groups in total. The number of hydrogen-bond acceptors (Lipinski definition) is 5. The number of hydrogen-bond donors (Lipinski definition) is 1. The summed E-state index contributed by atoms with van der Waals surface area (Å²) in [4.78, 5) is 4.59. The van der Waals surface area contributed by atoms with Crippen molar-refractivity contribution in [3.8, 4) is 11.5 Å². The lowest BCUT2D eigenvalue weighted by Crippen LogP contribution is -2.41. The Kier molecular flexibility index (Phi) is 4.39. The van der Waals surface area contributed by atoms with Gasteiger partial charge in [-0.15, -0.1) is 0 Å². The predicted octanol–water partition coefficient (Wildman–Crippen LogP) is 3.43. The quantitative estimate of drug-likeness (QED) is 0.932. The Morgan fingerprint density at radius 2 is 1.83 bits per heavy atom. The van der Waals surface area contributed by atoms with Gasteiger partial charge in [-0.25, -0.2) is 4.98 Å². The molecule has 1 aliphatic carbocycles. The molecule has 2 aliphatic rings. The smallest absolute Gasteiger partial charge is 0.226 e. The highest BCUT2D eigenvalue weighted by molar-refractivity contribution is 5.53. The zero-order chi connectivity index (χ0) is 16.4. The van der Waals surface area contributed by atoms with E-state index in [9.17, 15) is 0 Å². The lowest BCUT2D eigenvalue weighted by molar-refractivity contribution is -0.179. The fourth-order valence-electron chi connectivity index (χ4n) is 3.51. The first-order valence-electron chi connectivity index (χ1n) is 8.75. The van der Waals surface area contributed by atoms with Crippen LogP contribution in [0, 0.1) is 6.92 Å². The molecular weight excluding hydrogens is 304 g/mol. The molecule has 0 atom stereocenters. The Balaban J connectivity index is 1.30. The molecule has 1 aromatic carbocycles. The fourth-order valence-corrected chi connectivity index (χ4v) is 3.51. The van der Waals surface area contributed by atoms with Gasteiger partial charge in [0.1, 0.15) is 6.26 Å². The Morgan fingerprint density at radius 3 is 2.54 bits per heavy atom. The van der Waals surface area contributed by atoms with Crippen LogP contribution in [0.5, 0.6) is 0 Å². The van der Waals surface area contributed by atoms with Crippen LogP contribution in [0.4, 0.5) is 0 Å². The Hall–Kier alpha value is -1.69. The molecule has 0 bridgehead atoms. The first-order chi connectivity index (χ1) is 11.7. The Morgan fingerprint density at radius 1 is 1.12 bits per heavy atom. The molecule has 2 fully saturated rings. The van der Waals surface area contributed by atoms with Crippen molar-refractivity contribution in [2.24, 2.45) is 0 Å². The van der Waals surface area contributed by atoms with Gasteiger partial charge in [0, 0.05) is 31.0 Å². The van der Waals surface area contributed by atoms with Crippen molar-refractivity contribution < 1.29 is 13.9 Å². The third-order valence-electron chi connectivity index (χ3n) is 4.98. The van der Waals surface area contributed by atoms with Crippen LogP contribution in [0.3, 0.4) is 0 Å². The normalized spacial score (nSPS) is 20.7. The summed E-state index contributed by atoms with van der Waals surface area (Å²) in [5, 5.41) is 3.58. The van der Waals surface area contributed by atoms with Crippen LogP contribution in [-0.2, 0) is 16.0 Å². The third kappa shape index (κ3) is 3.38. The number of rotatable bonds is 4. The minimum atomic E-state index is -0.287. The van der Waals surface area contributed by atoms with Gasteiger partial charge >= 0.3 is 0 Å². The molecule has 1 aliphatic heterocycles. The lowest BCUT2D eigenvalue weighted by atomic mass is 9.90. The van der Waals surface area contributed by atoms with Crippen LogP contribution in [0.1, 0.15) is 36.9 Å². The van der Waals surface area contributed by atoms with E-state index in [2.05, 4.69) is 29.4 Å². The molecule has 5 nitrogen and oxygen atoms in total. The van der Waals surface area contributed by atoms with Gasteiger partial charge in [-0.05, 0) is 31.9 Å². The average molecular weight is 328 g/mol. The van der Waals surface area contributed by atoms with Gasteiger partial charge in [0.2, 0.25) is 5.89 Å². The second-order valence-electron chi connectivity index (χ2n) is 6.77. The minimum Gasteiger partial charge on any atom is -0.444 e. The summed E-state index contributed by atoms with van der Waals surface area (Å²) < 4.78 is 17.2. The first kappa shape index (κ1) is 15.8. The van der Waals surface area contributed by atoms with E-state index in [1.807, 2.05) is 12.1 Å². The van der Waals surface area contributed by atoms with Crippen LogP contribution in [0.25, 0.3) is 11.5 Å². The maximum Gasteiger partial charge on any atom is 0.226 e. The number of aromatic nitrogens is 1. The van der Waals surface area contributed by atoms with E-state index >= 15 is 0 Å². The summed E-state index contributed by atoms with van der Waals surface area (Å²) in [7, 11) is 0. The van der Waals surface area contributed by atoms with E-state index in [1.54, 1.807) is 6.26 Å². The summed E-state index contributed by atoms with van der Waals surface area (Å²) >= 11 is 0. The van der Waals surface area contributed by atoms with E-state index in [1.165, 1.54) is 5.56 Å². The fraction of sp³-hybridized carbons (Fsp3) is 0.526. The highest BCUT2D eigenvalue weighted by atomic mass is 16.7. The summed E-state index contributed by atoms with van der Waals surface area (Å²) in [6.45, 7) is 4.27. The molecular formula is C19H24N2O3. The second-order valence-corrected chi connectivity index (χ2v) is 6.77. The molecule has 128 valence electrons. The van der Waals surface area contributed by atoms with Gasteiger partial charge in [-0.3, -0.25) is 0 Å². The zero-order valence-corrected chi connectivity index (χ0v) is 14.1. The Bertz CT molecular complexity index is 664. The number of oxazole rings is 1. The molecule has 1 aromatic heterocycles. The molecule has 0 radical (unpaired) electrons. The number of nitrogens with one attached hydrogen (secondary N) is 1. The molecule has 24 heavy (non-hydrogen) atoms. The maximum atomic E-state index is 5.78. The van der Waals surface area contributed by atoms with Gasteiger partial charge in [0.05, 0.1) is 18.9 Å². The van der Waals surface area contributed by atoms with E-state index in [0.29, 0.717) is 11.9 Å². The molecule has 0 unspecified atom stereocenters. The molecule has 4 rings (SSSR count). The van der Waals surface area contributed by atoms with Crippen molar-refractivity contribution in [1.29, 1.82) is 0 Å². The lowest BCUT2D eigenvalue weighted by Gasteiger charge is -2.35. The van der Waals surface area contributed by atoms with Crippen LogP contribution in [-0.4, -0.2) is 30.0 Å².